The number of aromatic nitrogens is 2. The van der Waals surface area contributed by atoms with E-state index in [2.05, 4.69) is 5.10 Å². The average molecular weight is 500 g/mol. The second-order valence-electron chi connectivity index (χ2n) is 7.59. The van der Waals surface area contributed by atoms with Gasteiger partial charge in [0.25, 0.3) is 0 Å². The lowest BCUT2D eigenvalue weighted by Gasteiger charge is -2.31. The van der Waals surface area contributed by atoms with Crippen LogP contribution in [0.3, 0.4) is 0 Å². The first-order valence-corrected chi connectivity index (χ1v) is 12.0. The Bertz CT molecular complexity index is 1440. The smallest absolute Gasteiger partial charge is 0.329 e. The Morgan fingerprint density at radius 1 is 1.09 bits per heavy atom. The van der Waals surface area contributed by atoms with Gasteiger partial charge in [0.05, 0.1) is 28.1 Å². The summed E-state index contributed by atoms with van der Waals surface area (Å²) < 4.78 is 40.2. The molecule has 1 atom stereocenters. The van der Waals surface area contributed by atoms with E-state index in [1.165, 1.54) is 36.7 Å². The molecule has 0 saturated heterocycles. The minimum Gasteiger partial charge on any atom is -0.480 e. The molecule has 0 saturated carbocycles. The molecule has 0 aliphatic carbocycles. The molecule has 11 heteroatoms. The maximum Gasteiger partial charge on any atom is 0.329 e. The molecular formula is C23H18ClN3O6S. The van der Waals surface area contributed by atoms with Gasteiger partial charge in [0.1, 0.15) is 17.3 Å². The standard InChI is InChI=1S/C23H18ClN3O6S/c24-16-13-25-26(14-16)17-1-3-18(4-2-17)33-19-5-7-20(8-6-19)34(30,31)27-11-9-15-10-12-32-22(15)21(27)23(28)29/h1-8,10,12-14,21H,9,11H2,(H,28,29). The maximum atomic E-state index is 13.2. The third-order valence-corrected chi connectivity index (χ3v) is 7.54. The monoisotopic (exact) mass is 499 g/mol. The third kappa shape index (κ3) is 4.07. The molecule has 5 rings (SSSR count). The molecule has 2 aromatic carbocycles. The largest absolute Gasteiger partial charge is 0.480 e. The van der Waals surface area contributed by atoms with Gasteiger partial charge in [-0.1, -0.05) is 11.6 Å². The molecule has 9 nitrogen and oxygen atoms in total. The summed E-state index contributed by atoms with van der Waals surface area (Å²) in [7, 11) is -4.08. The molecule has 0 radical (unpaired) electrons. The summed E-state index contributed by atoms with van der Waals surface area (Å²) in [6.45, 7) is 0.0396. The molecule has 1 aliphatic rings. The quantitative estimate of drug-likeness (QED) is 0.421. The highest BCUT2D eigenvalue weighted by Crippen LogP contribution is 2.35. The molecule has 0 fully saturated rings. The van der Waals surface area contributed by atoms with Crippen LogP contribution in [0, 0.1) is 0 Å². The Morgan fingerprint density at radius 2 is 1.76 bits per heavy atom. The predicted octanol–water partition coefficient (Wildman–Crippen LogP) is 4.28. The van der Waals surface area contributed by atoms with Crippen LogP contribution in [0.1, 0.15) is 17.4 Å². The molecule has 3 heterocycles. The molecule has 0 amide bonds. The molecule has 0 bridgehead atoms. The lowest BCUT2D eigenvalue weighted by atomic mass is 10.0. The number of fused-ring (bicyclic) bond motifs is 1. The Balaban J connectivity index is 1.34. The van der Waals surface area contributed by atoms with Gasteiger partial charge >= 0.3 is 5.97 Å². The fraction of sp³-hybridized carbons (Fsp3) is 0.130. The second kappa shape index (κ2) is 8.64. The van der Waals surface area contributed by atoms with Crippen molar-refractivity contribution in [3.05, 3.63) is 89.6 Å². The number of rotatable bonds is 6. The van der Waals surface area contributed by atoms with Gasteiger partial charge in [0, 0.05) is 12.7 Å². The van der Waals surface area contributed by atoms with Crippen molar-refractivity contribution in [1.82, 2.24) is 14.1 Å². The van der Waals surface area contributed by atoms with E-state index in [4.69, 9.17) is 20.8 Å². The topological polar surface area (TPSA) is 115 Å². The number of carbonyl (C=O) groups is 1. The fourth-order valence-electron chi connectivity index (χ4n) is 3.84. The number of sulfonamides is 1. The first kappa shape index (κ1) is 22.2. The average Bonchev–Trinajstić information content (AvgIpc) is 3.48. The molecule has 174 valence electrons. The SMILES string of the molecule is O=C(O)C1c2occc2CCN1S(=O)(=O)c1ccc(Oc2ccc(-n3cc(Cl)cn3)cc2)cc1. The van der Waals surface area contributed by atoms with Crippen LogP contribution in [0.4, 0.5) is 0 Å². The summed E-state index contributed by atoms with van der Waals surface area (Å²) in [6, 6.07) is 13.2. The maximum absolute atomic E-state index is 13.2. The van der Waals surface area contributed by atoms with Crippen molar-refractivity contribution in [2.45, 2.75) is 17.4 Å². The van der Waals surface area contributed by atoms with Crippen molar-refractivity contribution in [2.24, 2.45) is 0 Å². The van der Waals surface area contributed by atoms with Gasteiger partial charge in [-0.15, -0.1) is 0 Å². The van der Waals surface area contributed by atoms with Crippen LogP contribution in [0.5, 0.6) is 11.5 Å². The number of carboxylic acid groups (broad SMARTS) is 1. The van der Waals surface area contributed by atoms with Crippen LogP contribution in [-0.4, -0.2) is 40.1 Å². The Hall–Kier alpha value is -3.60. The van der Waals surface area contributed by atoms with Crippen LogP contribution >= 0.6 is 11.6 Å². The zero-order valence-electron chi connectivity index (χ0n) is 17.5. The summed E-state index contributed by atoms with van der Waals surface area (Å²) >= 11 is 5.90. The molecule has 0 spiro atoms. The summed E-state index contributed by atoms with van der Waals surface area (Å²) in [4.78, 5) is 11.8. The third-order valence-electron chi connectivity index (χ3n) is 5.47. The number of halogens is 1. The highest BCUT2D eigenvalue weighted by Gasteiger charge is 2.42. The van der Waals surface area contributed by atoms with Gasteiger partial charge in [0.2, 0.25) is 10.0 Å². The molecule has 1 aliphatic heterocycles. The van der Waals surface area contributed by atoms with Crippen LogP contribution in [-0.2, 0) is 21.2 Å². The van der Waals surface area contributed by atoms with E-state index in [-0.39, 0.29) is 17.2 Å². The highest BCUT2D eigenvalue weighted by atomic mass is 35.5. The van der Waals surface area contributed by atoms with E-state index in [1.807, 2.05) is 12.1 Å². The molecule has 4 aromatic rings. The van der Waals surface area contributed by atoms with Gasteiger partial charge in [-0.05, 0) is 66.6 Å². The summed E-state index contributed by atoms with van der Waals surface area (Å²) in [5.41, 5.74) is 1.50. The lowest BCUT2D eigenvalue weighted by Crippen LogP contribution is -2.43. The number of ether oxygens (including phenoxy) is 1. The number of furan rings is 1. The van der Waals surface area contributed by atoms with E-state index < -0.39 is 22.0 Å². The van der Waals surface area contributed by atoms with Crippen LogP contribution in [0.2, 0.25) is 5.02 Å². The van der Waals surface area contributed by atoms with Gasteiger partial charge < -0.3 is 14.3 Å². The minimum atomic E-state index is -4.08. The van der Waals surface area contributed by atoms with E-state index in [1.54, 1.807) is 29.1 Å². The molecule has 2 aromatic heterocycles. The number of aliphatic carboxylic acids is 1. The van der Waals surface area contributed by atoms with Crippen molar-refractivity contribution in [2.75, 3.05) is 6.54 Å². The summed E-state index contributed by atoms with van der Waals surface area (Å²) in [6.07, 6.45) is 4.97. The minimum absolute atomic E-state index is 0.0352. The summed E-state index contributed by atoms with van der Waals surface area (Å²) in [5, 5.41) is 14.4. The van der Waals surface area contributed by atoms with Crippen molar-refractivity contribution >= 4 is 27.6 Å². The molecule has 34 heavy (non-hydrogen) atoms. The van der Waals surface area contributed by atoms with Crippen molar-refractivity contribution < 1.29 is 27.5 Å². The highest BCUT2D eigenvalue weighted by molar-refractivity contribution is 7.89. The number of carboxylic acids is 1. The summed E-state index contributed by atoms with van der Waals surface area (Å²) in [5.74, 6) is -0.177. The van der Waals surface area contributed by atoms with E-state index in [0.29, 0.717) is 28.5 Å². The van der Waals surface area contributed by atoms with Crippen LogP contribution in [0.25, 0.3) is 5.69 Å². The zero-order chi connectivity index (χ0) is 23.9. The molecule has 1 unspecified atom stereocenters. The zero-order valence-corrected chi connectivity index (χ0v) is 19.1. The second-order valence-corrected chi connectivity index (χ2v) is 9.91. The van der Waals surface area contributed by atoms with Gasteiger partial charge in [-0.25, -0.2) is 17.9 Å². The van der Waals surface area contributed by atoms with Crippen molar-refractivity contribution in [3.8, 4) is 17.2 Å². The Labute approximate surface area is 199 Å². The van der Waals surface area contributed by atoms with Crippen molar-refractivity contribution in [1.29, 1.82) is 0 Å². The first-order valence-electron chi connectivity index (χ1n) is 10.2. The van der Waals surface area contributed by atoms with Crippen LogP contribution in [0.15, 0.2) is 82.6 Å². The Morgan fingerprint density at radius 3 is 2.38 bits per heavy atom. The van der Waals surface area contributed by atoms with E-state index >= 15 is 0 Å². The van der Waals surface area contributed by atoms with E-state index in [9.17, 15) is 18.3 Å². The van der Waals surface area contributed by atoms with Gasteiger partial charge in [-0.2, -0.15) is 9.40 Å². The number of hydrogen-bond acceptors (Lipinski definition) is 6. The Kier molecular flexibility index (Phi) is 5.64. The number of hydrogen-bond donors (Lipinski definition) is 1. The normalized spacial score (nSPS) is 16.2. The molecule has 1 N–H and O–H groups in total. The van der Waals surface area contributed by atoms with Gasteiger partial charge in [-0.3, -0.25) is 0 Å². The first-order chi connectivity index (χ1) is 16.3. The van der Waals surface area contributed by atoms with Crippen molar-refractivity contribution in [3.63, 3.8) is 0 Å². The lowest BCUT2D eigenvalue weighted by molar-refractivity contribution is -0.142. The predicted molar refractivity (Wildman–Crippen MR) is 122 cm³/mol. The molecular weight excluding hydrogens is 482 g/mol. The fourth-order valence-corrected chi connectivity index (χ4v) is 5.52. The van der Waals surface area contributed by atoms with E-state index in [0.717, 1.165) is 9.99 Å². The van der Waals surface area contributed by atoms with Crippen LogP contribution < -0.4 is 4.74 Å². The number of benzene rings is 2. The number of nitrogens with zero attached hydrogens (tertiary/aromatic N) is 3. The van der Waals surface area contributed by atoms with Gasteiger partial charge in [0.15, 0.2) is 6.04 Å².